The smallest absolute Gasteiger partial charge is 0.269 e. The second-order valence-corrected chi connectivity index (χ2v) is 4.52. The SMILES string of the molecule is O=c1[nH]n(C2CCCCC2)c2c1COC2. The van der Waals surface area contributed by atoms with Gasteiger partial charge in [-0.3, -0.25) is 14.6 Å². The highest BCUT2D eigenvalue weighted by atomic mass is 16.5. The highest BCUT2D eigenvalue weighted by molar-refractivity contribution is 5.20. The number of nitrogens with zero attached hydrogens (tertiary/aromatic N) is 1. The molecule has 0 atom stereocenters. The van der Waals surface area contributed by atoms with Crippen LogP contribution < -0.4 is 5.56 Å². The molecule has 0 spiro atoms. The van der Waals surface area contributed by atoms with Gasteiger partial charge in [0, 0.05) is 0 Å². The van der Waals surface area contributed by atoms with E-state index in [1.807, 2.05) is 0 Å². The van der Waals surface area contributed by atoms with Crippen molar-refractivity contribution in [2.75, 3.05) is 0 Å². The topological polar surface area (TPSA) is 47.0 Å². The van der Waals surface area contributed by atoms with Crippen molar-refractivity contribution in [1.82, 2.24) is 9.78 Å². The third kappa shape index (κ3) is 1.44. The van der Waals surface area contributed by atoms with Gasteiger partial charge in [0.2, 0.25) is 0 Å². The maximum absolute atomic E-state index is 11.6. The molecule has 4 heteroatoms. The Kier molecular flexibility index (Phi) is 2.16. The standard InChI is InChI=1S/C11H16N2O2/c14-11-9-6-15-7-10(9)13(12-11)8-4-2-1-3-5-8/h8H,1-7H2,(H,12,14). The number of aromatic nitrogens is 2. The molecule has 2 aliphatic rings. The van der Waals surface area contributed by atoms with Crippen molar-refractivity contribution in [3.63, 3.8) is 0 Å². The van der Waals surface area contributed by atoms with Gasteiger partial charge in [-0.25, -0.2) is 0 Å². The average molecular weight is 208 g/mol. The lowest BCUT2D eigenvalue weighted by atomic mass is 9.95. The Morgan fingerprint density at radius 3 is 2.80 bits per heavy atom. The molecule has 0 bridgehead atoms. The van der Waals surface area contributed by atoms with Crippen LogP contribution >= 0.6 is 0 Å². The average Bonchev–Trinajstić information content (AvgIpc) is 2.84. The molecular formula is C11H16N2O2. The van der Waals surface area contributed by atoms with E-state index in [1.165, 1.54) is 32.1 Å². The first-order valence-corrected chi connectivity index (χ1v) is 5.76. The molecule has 0 amide bonds. The molecule has 1 saturated carbocycles. The summed E-state index contributed by atoms with van der Waals surface area (Å²) in [6.07, 6.45) is 6.27. The Bertz CT molecular complexity index is 413. The molecular weight excluding hydrogens is 192 g/mol. The molecule has 82 valence electrons. The highest BCUT2D eigenvalue weighted by Crippen LogP contribution is 2.30. The van der Waals surface area contributed by atoms with Gasteiger partial charge < -0.3 is 4.74 Å². The van der Waals surface area contributed by atoms with E-state index in [1.54, 1.807) is 0 Å². The van der Waals surface area contributed by atoms with Crippen LogP contribution in [0.15, 0.2) is 4.79 Å². The lowest BCUT2D eigenvalue weighted by molar-refractivity contribution is 0.126. The minimum Gasteiger partial charge on any atom is -0.370 e. The van der Waals surface area contributed by atoms with Crippen molar-refractivity contribution in [2.45, 2.75) is 51.4 Å². The minimum atomic E-state index is 0.0491. The predicted molar refractivity (Wildman–Crippen MR) is 55.7 cm³/mol. The Hall–Kier alpha value is -1.03. The first kappa shape index (κ1) is 9.21. The fourth-order valence-corrected chi connectivity index (χ4v) is 2.73. The van der Waals surface area contributed by atoms with Crippen molar-refractivity contribution < 1.29 is 4.74 Å². The predicted octanol–water partition coefficient (Wildman–Crippen LogP) is 1.71. The van der Waals surface area contributed by atoms with Crippen LogP contribution in [0.4, 0.5) is 0 Å². The zero-order chi connectivity index (χ0) is 10.3. The van der Waals surface area contributed by atoms with Crippen molar-refractivity contribution in [2.24, 2.45) is 0 Å². The molecule has 0 unspecified atom stereocenters. The number of fused-ring (bicyclic) bond motifs is 1. The molecule has 1 N–H and O–H groups in total. The Balaban J connectivity index is 1.97. The number of aromatic amines is 1. The number of H-pyrrole nitrogens is 1. The van der Waals surface area contributed by atoms with Crippen LogP contribution in [0.5, 0.6) is 0 Å². The van der Waals surface area contributed by atoms with Gasteiger partial charge >= 0.3 is 0 Å². The lowest BCUT2D eigenvalue weighted by Gasteiger charge is -2.24. The Labute approximate surface area is 88.2 Å². The zero-order valence-electron chi connectivity index (χ0n) is 8.79. The third-order valence-corrected chi connectivity index (χ3v) is 3.56. The van der Waals surface area contributed by atoms with Gasteiger partial charge in [0.15, 0.2) is 0 Å². The summed E-state index contributed by atoms with van der Waals surface area (Å²) in [5.74, 6) is 0. The fourth-order valence-electron chi connectivity index (χ4n) is 2.73. The van der Waals surface area contributed by atoms with Crippen LogP contribution in [0.3, 0.4) is 0 Å². The van der Waals surface area contributed by atoms with Crippen LogP contribution in [0.25, 0.3) is 0 Å². The molecule has 1 fully saturated rings. The van der Waals surface area contributed by atoms with Crippen molar-refractivity contribution in [1.29, 1.82) is 0 Å². The number of rotatable bonds is 1. The zero-order valence-corrected chi connectivity index (χ0v) is 8.79. The van der Waals surface area contributed by atoms with Gasteiger partial charge in [0.1, 0.15) is 0 Å². The largest absolute Gasteiger partial charge is 0.370 e. The number of ether oxygens (including phenoxy) is 1. The molecule has 1 aliphatic carbocycles. The molecule has 1 aromatic heterocycles. The third-order valence-electron chi connectivity index (χ3n) is 3.56. The molecule has 4 nitrogen and oxygen atoms in total. The summed E-state index contributed by atoms with van der Waals surface area (Å²) in [6.45, 7) is 1.09. The van der Waals surface area contributed by atoms with Gasteiger partial charge in [-0.05, 0) is 12.8 Å². The maximum Gasteiger partial charge on any atom is 0.269 e. The van der Waals surface area contributed by atoms with Crippen LogP contribution in [0.1, 0.15) is 49.4 Å². The van der Waals surface area contributed by atoms with E-state index < -0.39 is 0 Å². The summed E-state index contributed by atoms with van der Waals surface area (Å²) < 4.78 is 7.40. The molecule has 0 saturated heterocycles. The number of hydrogen-bond acceptors (Lipinski definition) is 2. The summed E-state index contributed by atoms with van der Waals surface area (Å²) in [5, 5.41) is 2.97. The Morgan fingerprint density at radius 1 is 1.20 bits per heavy atom. The Morgan fingerprint density at radius 2 is 2.00 bits per heavy atom. The van der Waals surface area contributed by atoms with E-state index in [9.17, 15) is 4.79 Å². The molecule has 1 aromatic rings. The first-order valence-electron chi connectivity index (χ1n) is 5.76. The van der Waals surface area contributed by atoms with Gasteiger partial charge in [-0.15, -0.1) is 0 Å². The van der Waals surface area contributed by atoms with Crippen molar-refractivity contribution in [3.8, 4) is 0 Å². The van der Waals surface area contributed by atoms with E-state index in [-0.39, 0.29) is 5.56 Å². The molecule has 15 heavy (non-hydrogen) atoms. The van der Waals surface area contributed by atoms with E-state index in [0.717, 1.165) is 11.3 Å². The van der Waals surface area contributed by atoms with Crippen molar-refractivity contribution in [3.05, 3.63) is 21.6 Å². The highest BCUT2D eigenvalue weighted by Gasteiger charge is 2.25. The number of nitrogens with one attached hydrogen (secondary N) is 1. The summed E-state index contributed by atoms with van der Waals surface area (Å²) >= 11 is 0. The molecule has 2 heterocycles. The maximum atomic E-state index is 11.6. The number of hydrogen-bond donors (Lipinski definition) is 1. The van der Waals surface area contributed by atoms with E-state index >= 15 is 0 Å². The van der Waals surface area contributed by atoms with E-state index in [4.69, 9.17) is 4.74 Å². The van der Waals surface area contributed by atoms with Crippen LogP contribution in [-0.4, -0.2) is 9.78 Å². The normalized spacial score (nSPS) is 21.9. The van der Waals surface area contributed by atoms with E-state index in [0.29, 0.717) is 19.3 Å². The lowest BCUT2D eigenvalue weighted by Crippen LogP contribution is -2.18. The van der Waals surface area contributed by atoms with Crippen LogP contribution in [0, 0.1) is 0 Å². The van der Waals surface area contributed by atoms with Gasteiger partial charge in [0.25, 0.3) is 5.56 Å². The monoisotopic (exact) mass is 208 g/mol. The van der Waals surface area contributed by atoms with Gasteiger partial charge in [-0.1, -0.05) is 19.3 Å². The molecule has 0 aromatic carbocycles. The first-order chi connectivity index (χ1) is 7.36. The quantitative estimate of drug-likeness (QED) is 0.763. The summed E-state index contributed by atoms with van der Waals surface area (Å²) in [7, 11) is 0. The second-order valence-electron chi connectivity index (χ2n) is 4.52. The molecule has 3 rings (SSSR count). The molecule has 1 aliphatic heterocycles. The van der Waals surface area contributed by atoms with Gasteiger partial charge in [0.05, 0.1) is 30.5 Å². The summed E-state index contributed by atoms with van der Waals surface area (Å²) in [5.41, 5.74) is 1.99. The summed E-state index contributed by atoms with van der Waals surface area (Å²) in [4.78, 5) is 11.6. The molecule has 0 radical (unpaired) electrons. The van der Waals surface area contributed by atoms with Crippen molar-refractivity contribution >= 4 is 0 Å². The second kappa shape index (κ2) is 3.52. The van der Waals surface area contributed by atoms with Crippen LogP contribution in [-0.2, 0) is 18.0 Å². The summed E-state index contributed by atoms with van der Waals surface area (Å²) in [6, 6.07) is 0.497. The van der Waals surface area contributed by atoms with E-state index in [2.05, 4.69) is 9.78 Å². The minimum absolute atomic E-state index is 0.0491. The van der Waals surface area contributed by atoms with Crippen LogP contribution in [0.2, 0.25) is 0 Å². The fraction of sp³-hybridized carbons (Fsp3) is 0.727. The van der Waals surface area contributed by atoms with Gasteiger partial charge in [-0.2, -0.15) is 0 Å².